The molecule has 0 aliphatic carbocycles. The summed E-state index contributed by atoms with van der Waals surface area (Å²) in [7, 11) is 0. The number of amides is 3. The van der Waals surface area contributed by atoms with E-state index in [-0.39, 0.29) is 5.91 Å². The molecule has 6 nitrogen and oxygen atoms in total. The largest absolute Gasteiger partial charge is 0.326 e. The predicted octanol–water partition coefficient (Wildman–Crippen LogP) is 2.64. The second kappa shape index (κ2) is 7.92. The highest BCUT2D eigenvalue weighted by molar-refractivity contribution is 6.44. The molecule has 0 saturated heterocycles. The molecule has 124 valence electrons. The van der Waals surface area contributed by atoms with E-state index < -0.39 is 11.8 Å². The first kappa shape index (κ1) is 17.2. The molecule has 6 heteroatoms. The zero-order valence-corrected chi connectivity index (χ0v) is 13.6. The number of nitrogens with one attached hydrogen (secondary N) is 2. The van der Waals surface area contributed by atoms with Crippen LogP contribution in [0.15, 0.2) is 54.6 Å². The molecule has 0 unspecified atom stereocenters. The average molecular weight is 325 g/mol. The summed E-state index contributed by atoms with van der Waals surface area (Å²) in [6.07, 6.45) is 0. The van der Waals surface area contributed by atoms with Crippen molar-refractivity contribution in [2.24, 2.45) is 0 Å². The van der Waals surface area contributed by atoms with Crippen LogP contribution in [0.2, 0.25) is 0 Å². The van der Waals surface area contributed by atoms with Crippen molar-refractivity contribution in [3.8, 4) is 0 Å². The van der Waals surface area contributed by atoms with Crippen LogP contribution in [-0.4, -0.2) is 24.3 Å². The Labute approximate surface area is 140 Å². The lowest BCUT2D eigenvalue weighted by Crippen LogP contribution is -2.39. The molecule has 2 rings (SSSR count). The number of carbonyl (C=O) groups is 3. The number of benzene rings is 2. The maximum Gasteiger partial charge on any atom is 0.316 e. The van der Waals surface area contributed by atoms with Gasteiger partial charge in [-0.3, -0.25) is 14.4 Å². The van der Waals surface area contributed by atoms with Crippen molar-refractivity contribution in [1.29, 1.82) is 0 Å². The molecule has 0 fully saturated rings. The van der Waals surface area contributed by atoms with Crippen LogP contribution in [0.4, 0.5) is 17.1 Å². The van der Waals surface area contributed by atoms with Crippen molar-refractivity contribution >= 4 is 34.8 Å². The van der Waals surface area contributed by atoms with Crippen LogP contribution in [0.1, 0.15) is 13.8 Å². The first-order chi connectivity index (χ1) is 11.5. The fraction of sp³-hybridized carbons (Fsp3) is 0.167. The van der Waals surface area contributed by atoms with Gasteiger partial charge in [0.05, 0.1) is 0 Å². The number of hydrogen-bond donors (Lipinski definition) is 2. The summed E-state index contributed by atoms with van der Waals surface area (Å²) in [5, 5.41) is 5.19. The molecule has 0 aliphatic heterocycles. The van der Waals surface area contributed by atoms with Crippen molar-refractivity contribution in [1.82, 2.24) is 0 Å². The van der Waals surface area contributed by atoms with Gasteiger partial charge in [-0.1, -0.05) is 18.2 Å². The Balaban J connectivity index is 2.05. The lowest BCUT2D eigenvalue weighted by Gasteiger charge is -2.20. The van der Waals surface area contributed by atoms with E-state index in [1.165, 1.54) is 11.8 Å². The number of hydrogen-bond acceptors (Lipinski definition) is 3. The van der Waals surface area contributed by atoms with Crippen LogP contribution in [0.25, 0.3) is 0 Å². The van der Waals surface area contributed by atoms with Crippen molar-refractivity contribution < 1.29 is 14.4 Å². The zero-order valence-electron chi connectivity index (χ0n) is 13.6. The summed E-state index contributed by atoms with van der Waals surface area (Å²) in [6.45, 7) is 3.61. The highest BCUT2D eigenvalue weighted by Gasteiger charge is 2.21. The standard InChI is InChI=1S/C18H19N3O3/c1-3-21(16-7-5-4-6-8-16)18(24)17(23)20-15-11-9-14(10-12-15)19-13(2)22/h4-12H,3H2,1-2H3,(H,19,22)(H,20,23). The van der Waals surface area contributed by atoms with Gasteiger partial charge in [-0.15, -0.1) is 0 Å². The summed E-state index contributed by atoms with van der Waals surface area (Å²) >= 11 is 0. The van der Waals surface area contributed by atoms with Crippen molar-refractivity contribution in [2.75, 3.05) is 22.1 Å². The van der Waals surface area contributed by atoms with Crippen LogP contribution < -0.4 is 15.5 Å². The lowest BCUT2D eigenvalue weighted by atomic mass is 10.2. The van der Waals surface area contributed by atoms with E-state index in [0.717, 1.165) is 0 Å². The maximum absolute atomic E-state index is 12.3. The number of nitrogens with zero attached hydrogens (tertiary/aromatic N) is 1. The first-order valence-electron chi connectivity index (χ1n) is 7.56. The van der Waals surface area contributed by atoms with E-state index >= 15 is 0 Å². The lowest BCUT2D eigenvalue weighted by molar-refractivity contribution is -0.134. The third-order valence-electron chi connectivity index (χ3n) is 3.29. The number of likely N-dealkylation sites (N-methyl/N-ethyl adjacent to an activating group) is 1. The van der Waals surface area contributed by atoms with Crippen molar-refractivity contribution in [3.63, 3.8) is 0 Å². The summed E-state index contributed by atoms with van der Waals surface area (Å²) < 4.78 is 0. The number of carbonyl (C=O) groups excluding carboxylic acids is 3. The van der Waals surface area contributed by atoms with E-state index in [2.05, 4.69) is 10.6 Å². The normalized spacial score (nSPS) is 9.92. The zero-order chi connectivity index (χ0) is 17.5. The second-order valence-corrected chi connectivity index (χ2v) is 5.10. The molecule has 0 aromatic heterocycles. The molecule has 0 heterocycles. The monoisotopic (exact) mass is 325 g/mol. The summed E-state index contributed by atoms with van der Waals surface area (Å²) in [6, 6.07) is 15.6. The maximum atomic E-state index is 12.3. The van der Waals surface area contributed by atoms with Crippen molar-refractivity contribution in [3.05, 3.63) is 54.6 Å². The Hall–Kier alpha value is -3.15. The molecule has 0 spiro atoms. The predicted molar refractivity (Wildman–Crippen MR) is 93.8 cm³/mol. The van der Waals surface area contributed by atoms with Gasteiger partial charge in [0.25, 0.3) is 0 Å². The second-order valence-electron chi connectivity index (χ2n) is 5.10. The van der Waals surface area contributed by atoms with Gasteiger partial charge >= 0.3 is 11.8 Å². The highest BCUT2D eigenvalue weighted by atomic mass is 16.2. The van der Waals surface area contributed by atoms with Gasteiger partial charge < -0.3 is 15.5 Å². The Morgan fingerprint density at radius 1 is 0.875 bits per heavy atom. The molecule has 2 aromatic carbocycles. The molecule has 0 saturated carbocycles. The quantitative estimate of drug-likeness (QED) is 0.848. The van der Waals surface area contributed by atoms with Gasteiger partial charge in [-0.05, 0) is 43.3 Å². The average Bonchev–Trinajstić information content (AvgIpc) is 2.57. The van der Waals surface area contributed by atoms with E-state index in [9.17, 15) is 14.4 Å². The molecular weight excluding hydrogens is 306 g/mol. The summed E-state index contributed by atoms with van der Waals surface area (Å²) in [5.41, 5.74) is 1.76. The van der Waals surface area contributed by atoms with Gasteiger partial charge in [-0.2, -0.15) is 0 Å². The number of rotatable bonds is 4. The minimum absolute atomic E-state index is 0.177. The van der Waals surface area contributed by atoms with Crippen LogP contribution in [-0.2, 0) is 14.4 Å². The molecular formula is C18H19N3O3. The third kappa shape index (κ3) is 4.42. The Morgan fingerprint density at radius 3 is 1.92 bits per heavy atom. The SMILES string of the molecule is CCN(C(=O)C(=O)Nc1ccc(NC(C)=O)cc1)c1ccccc1. The van der Waals surface area contributed by atoms with Gasteiger partial charge in [0.15, 0.2) is 0 Å². The minimum atomic E-state index is -0.715. The van der Waals surface area contributed by atoms with Crippen LogP contribution in [0.3, 0.4) is 0 Å². The van der Waals surface area contributed by atoms with Gasteiger partial charge in [0.1, 0.15) is 0 Å². The van der Waals surface area contributed by atoms with Gasteiger partial charge in [0, 0.05) is 30.5 Å². The number of para-hydroxylation sites is 1. The van der Waals surface area contributed by atoms with E-state index in [0.29, 0.717) is 23.6 Å². The van der Waals surface area contributed by atoms with Crippen LogP contribution in [0.5, 0.6) is 0 Å². The molecule has 2 N–H and O–H groups in total. The minimum Gasteiger partial charge on any atom is -0.326 e. The van der Waals surface area contributed by atoms with Crippen LogP contribution >= 0.6 is 0 Å². The molecule has 0 radical (unpaired) electrons. The fourth-order valence-corrected chi connectivity index (χ4v) is 2.20. The highest BCUT2D eigenvalue weighted by Crippen LogP contribution is 2.16. The molecule has 3 amide bonds. The van der Waals surface area contributed by atoms with Crippen LogP contribution in [0, 0.1) is 0 Å². The Morgan fingerprint density at radius 2 is 1.42 bits per heavy atom. The molecule has 2 aromatic rings. The molecule has 0 bridgehead atoms. The summed E-state index contributed by atoms with van der Waals surface area (Å²) in [4.78, 5) is 36.9. The topological polar surface area (TPSA) is 78.5 Å². The smallest absolute Gasteiger partial charge is 0.316 e. The molecule has 0 atom stereocenters. The number of anilines is 3. The summed E-state index contributed by atoms with van der Waals surface area (Å²) in [5.74, 6) is -1.52. The third-order valence-corrected chi connectivity index (χ3v) is 3.29. The molecule has 0 aliphatic rings. The van der Waals surface area contributed by atoms with E-state index in [1.807, 2.05) is 18.2 Å². The Kier molecular flexibility index (Phi) is 5.68. The van der Waals surface area contributed by atoms with E-state index in [4.69, 9.17) is 0 Å². The Bertz CT molecular complexity index is 727. The van der Waals surface area contributed by atoms with Crippen molar-refractivity contribution in [2.45, 2.75) is 13.8 Å². The van der Waals surface area contributed by atoms with Gasteiger partial charge in [0.2, 0.25) is 5.91 Å². The van der Waals surface area contributed by atoms with Gasteiger partial charge in [-0.25, -0.2) is 0 Å². The fourth-order valence-electron chi connectivity index (χ4n) is 2.20. The van der Waals surface area contributed by atoms with E-state index in [1.54, 1.807) is 43.3 Å². The molecule has 24 heavy (non-hydrogen) atoms. The first-order valence-corrected chi connectivity index (χ1v) is 7.56.